The van der Waals surface area contributed by atoms with Crippen LogP contribution in [0.25, 0.3) is 6.08 Å². The van der Waals surface area contributed by atoms with Crippen LogP contribution in [0.15, 0.2) is 36.4 Å². The summed E-state index contributed by atoms with van der Waals surface area (Å²) in [5.41, 5.74) is 2.83. The maximum atomic E-state index is 12.3. The first-order chi connectivity index (χ1) is 13.0. The van der Waals surface area contributed by atoms with Crippen molar-refractivity contribution >= 4 is 12.0 Å². The molecule has 27 heavy (non-hydrogen) atoms. The SMILES string of the molecule is Cc1nn(C)c(C)c1/C=C/C(=O)N[C@@H]1CCC[C@@H](Oc2ccccc2)[C@@H]1O. The summed E-state index contributed by atoms with van der Waals surface area (Å²) in [5.74, 6) is 0.512. The minimum Gasteiger partial charge on any atom is -0.488 e. The number of aliphatic hydroxyl groups excluding tert-OH is 1. The highest BCUT2D eigenvalue weighted by atomic mass is 16.5. The average molecular weight is 369 g/mol. The van der Waals surface area contributed by atoms with Crippen molar-refractivity contribution in [2.45, 2.75) is 51.4 Å². The molecular weight excluding hydrogens is 342 g/mol. The molecular formula is C21H27N3O3. The van der Waals surface area contributed by atoms with Gasteiger partial charge in [-0.15, -0.1) is 0 Å². The molecule has 0 aliphatic heterocycles. The third kappa shape index (κ3) is 4.57. The lowest BCUT2D eigenvalue weighted by Gasteiger charge is -2.35. The van der Waals surface area contributed by atoms with Crippen molar-refractivity contribution in [3.63, 3.8) is 0 Å². The summed E-state index contributed by atoms with van der Waals surface area (Å²) in [6.45, 7) is 3.88. The van der Waals surface area contributed by atoms with Gasteiger partial charge in [0.25, 0.3) is 0 Å². The van der Waals surface area contributed by atoms with Crippen molar-refractivity contribution in [2.75, 3.05) is 0 Å². The monoisotopic (exact) mass is 369 g/mol. The van der Waals surface area contributed by atoms with Crippen molar-refractivity contribution in [2.24, 2.45) is 7.05 Å². The van der Waals surface area contributed by atoms with E-state index >= 15 is 0 Å². The van der Waals surface area contributed by atoms with E-state index in [0.29, 0.717) is 0 Å². The Morgan fingerprint density at radius 2 is 2.04 bits per heavy atom. The van der Waals surface area contributed by atoms with Crippen molar-refractivity contribution in [1.29, 1.82) is 0 Å². The molecule has 1 heterocycles. The van der Waals surface area contributed by atoms with Crippen LogP contribution in [0, 0.1) is 13.8 Å². The number of aliphatic hydroxyl groups is 1. The van der Waals surface area contributed by atoms with Gasteiger partial charge < -0.3 is 15.2 Å². The quantitative estimate of drug-likeness (QED) is 0.794. The first-order valence-corrected chi connectivity index (χ1v) is 9.34. The first kappa shape index (κ1) is 19.2. The summed E-state index contributed by atoms with van der Waals surface area (Å²) in [6.07, 6.45) is 4.62. The van der Waals surface area contributed by atoms with Gasteiger partial charge >= 0.3 is 0 Å². The number of hydrogen-bond acceptors (Lipinski definition) is 4. The fraction of sp³-hybridized carbons (Fsp3) is 0.429. The number of carbonyl (C=O) groups is 1. The molecule has 6 heteroatoms. The third-order valence-electron chi connectivity index (χ3n) is 5.12. The molecule has 1 aromatic heterocycles. The van der Waals surface area contributed by atoms with Gasteiger partial charge in [0.05, 0.1) is 11.7 Å². The topological polar surface area (TPSA) is 76.4 Å². The van der Waals surface area contributed by atoms with E-state index in [1.807, 2.05) is 51.2 Å². The van der Waals surface area contributed by atoms with Crippen LogP contribution in [-0.2, 0) is 11.8 Å². The third-order valence-corrected chi connectivity index (χ3v) is 5.12. The van der Waals surface area contributed by atoms with Gasteiger partial charge in [-0.1, -0.05) is 18.2 Å². The lowest BCUT2D eigenvalue weighted by Crippen LogP contribution is -2.52. The molecule has 1 amide bonds. The van der Waals surface area contributed by atoms with Gasteiger partial charge in [0.1, 0.15) is 18.0 Å². The Balaban J connectivity index is 1.60. The minimum absolute atomic E-state index is 0.220. The molecule has 144 valence electrons. The maximum Gasteiger partial charge on any atom is 0.244 e. The normalized spacial score (nSPS) is 22.7. The molecule has 6 nitrogen and oxygen atoms in total. The van der Waals surface area contributed by atoms with Gasteiger partial charge in [0, 0.05) is 24.4 Å². The summed E-state index contributed by atoms with van der Waals surface area (Å²) in [6, 6.07) is 9.15. The minimum atomic E-state index is -0.738. The van der Waals surface area contributed by atoms with Gasteiger partial charge in [-0.05, 0) is 51.3 Å². The lowest BCUT2D eigenvalue weighted by molar-refractivity contribution is -0.119. The molecule has 1 saturated carbocycles. The van der Waals surface area contributed by atoms with Crippen LogP contribution in [0.1, 0.15) is 36.2 Å². The molecule has 0 saturated heterocycles. The van der Waals surface area contributed by atoms with Gasteiger partial charge in [-0.2, -0.15) is 5.10 Å². The molecule has 1 fully saturated rings. The number of amides is 1. The molecule has 0 radical (unpaired) electrons. The van der Waals surface area contributed by atoms with Crippen LogP contribution in [-0.4, -0.2) is 39.0 Å². The number of para-hydroxylation sites is 1. The van der Waals surface area contributed by atoms with Gasteiger partial charge in [-0.3, -0.25) is 9.48 Å². The second kappa shape index (κ2) is 8.39. The summed E-state index contributed by atoms with van der Waals surface area (Å²) < 4.78 is 7.71. The zero-order valence-electron chi connectivity index (χ0n) is 16.1. The number of nitrogens with one attached hydrogen (secondary N) is 1. The number of ether oxygens (including phenoxy) is 1. The average Bonchev–Trinajstić information content (AvgIpc) is 2.89. The predicted molar refractivity (Wildman–Crippen MR) is 104 cm³/mol. The van der Waals surface area contributed by atoms with E-state index < -0.39 is 6.10 Å². The summed E-state index contributed by atoms with van der Waals surface area (Å²) in [7, 11) is 1.88. The van der Waals surface area contributed by atoms with Gasteiger partial charge in [0.2, 0.25) is 5.91 Å². The summed E-state index contributed by atoms with van der Waals surface area (Å²) in [4.78, 5) is 12.3. The molecule has 2 N–H and O–H groups in total. The number of carbonyl (C=O) groups excluding carboxylic acids is 1. The Labute approximate surface area is 159 Å². The van der Waals surface area contributed by atoms with Crippen LogP contribution < -0.4 is 10.1 Å². The van der Waals surface area contributed by atoms with Crippen molar-refractivity contribution in [3.8, 4) is 5.75 Å². The fourth-order valence-electron chi connectivity index (χ4n) is 3.52. The number of benzene rings is 1. The highest BCUT2D eigenvalue weighted by Crippen LogP contribution is 2.24. The summed E-state index contributed by atoms with van der Waals surface area (Å²) >= 11 is 0. The number of rotatable bonds is 5. The van der Waals surface area contributed by atoms with Crippen LogP contribution in [0.5, 0.6) is 5.75 Å². The second-order valence-corrected chi connectivity index (χ2v) is 7.05. The Bertz CT molecular complexity index is 814. The Kier molecular flexibility index (Phi) is 5.96. The highest BCUT2D eigenvalue weighted by Gasteiger charge is 2.34. The Morgan fingerprint density at radius 1 is 1.30 bits per heavy atom. The molecule has 1 aliphatic rings. The molecule has 3 atom stereocenters. The Hall–Kier alpha value is -2.60. The van der Waals surface area contributed by atoms with Crippen LogP contribution in [0.4, 0.5) is 0 Å². The summed E-state index contributed by atoms with van der Waals surface area (Å²) in [5, 5.41) is 17.9. The van der Waals surface area contributed by atoms with Crippen molar-refractivity contribution < 1.29 is 14.6 Å². The Morgan fingerprint density at radius 3 is 2.70 bits per heavy atom. The molecule has 2 aromatic rings. The zero-order chi connectivity index (χ0) is 19.4. The van der Waals surface area contributed by atoms with Gasteiger partial charge in [0.15, 0.2) is 0 Å². The fourth-order valence-corrected chi connectivity index (χ4v) is 3.52. The van der Waals surface area contributed by atoms with E-state index in [-0.39, 0.29) is 18.1 Å². The molecule has 0 spiro atoms. The van der Waals surface area contributed by atoms with Gasteiger partial charge in [-0.25, -0.2) is 0 Å². The second-order valence-electron chi connectivity index (χ2n) is 7.05. The zero-order valence-corrected chi connectivity index (χ0v) is 16.1. The van der Waals surface area contributed by atoms with Crippen LogP contribution in [0.2, 0.25) is 0 Å². The van der Waals surface area contributed by atoms with Crippen molar-refractivity contribution in [3.05, 3.63) is 53.4 Å². The lowest BCUT2D eigenvalue weighted by atomic mass is 9.89. The van der Waals surface area contributed by atoms with Crippen LogP contribution in [0.3, 0.4) is 0 Å². The number of aryl methyl sites for hydroxylation is 2. The molecule has 1 aromatic carbocycles. The smallest absolute Gasteiger partial charge is 0.244 e. The maximum absolute atomic E-state index is 12.3. The first-order valence-electron chi connectivity index (χ1n) is 9.34. The number of hydrogen-bond donors (Lipinski definition) is 2. The van der Waals surface area contributed by atoms with E-state index in [9.17, 15) is 9.90 Å². The molecule has 3 rings (SSSR count). The van der Waals surface area contributed by atoms with E-state index in [4.69, 9.17) is 4.74 Å². The van der Waals surface area contributed by atoms with E-state index in [1.165, 1.54) is 6.08 Å². The molecule has 0 unspecified atom stereocenters. The van der Waals surface area contributed by atoms with E-state index in [1.54, 1.807) is 10.8 Å². The largest absolute Gasteiger partial charge is 0.488 e. The molecule has 0 bridgehead atoms. The predicted octanol–water partition coefficient (Wildman–Crippen LogP) is 2.53. The number of aromatic nitrogens is 2. The standard InChI is InChI=1S/C21H27N3O3/c1-14-17(15(2)24(3)23-14)12-13-20(25)22-18-10-7-11-19(21(18)26)27-16-8-5-4-6-9-16/h4-6,8-9,12-13,18-19,21,26H,7,10-11H2,1-3H3,(H,22,25)/b13-12+/t18-,19-,21-/m1/s1. The van der Waals surface area contributed by atoms with E-state index in [2.05, 4.69) is 10.4 Å². The number of nitrogens with zero attached hydrogens (tertiary/aromatic N) is 2. The highest BCUT2D eigenvalue weighted by molar-refractivity contribution is 5.92. The van der Waals surface area contributed by atoms with Crippen LogP contribution >= 0.6 is 0 Å². The molecule has 1 aliphatic carbocycles. The van der Waals surface area contributed by atoms with Crippen molar-refractivity contribution in [1.82, 2.24) is 15.1 Å². The van der Waals surface area contributed by atoms with E-state index in [0.717, 1.165) is 42.0 Å².